The van der Waals surface area contributed by atoms with Gasteiger partial charge in [-0.2, -0.15) is 8.42 Å². The van der Waals surface area contributed by atoms with E-state index in [0.29, 0.717) is 12.0 Å². The molecule has 88 heavy (non-hydrogen) atoms. The number of aryl methyl sites for hydroxylation is 1. The second-order valence-corrected chi connectivity index (χ2v) is 29.1. The Morgan fingerprint density at radius 3 is 1.39 bits per heavy atom. The third kappa shape index (κ3) is 47.9. The van der Waals surface area contributed by atoms with Crippen LogP contribution in [0.4, 0.5) is 0 Å². The third-order valence-corrected chi connectivity index (χ3v) is 17.2. The smallest absolute Gasteiger partial charge is 1.00 e. The number of allylic oxidation sites excluding steroid dienone is 14. The first-order chi connectivity index (χ1) is 39.6. The second kappa shape index (κ2) is 52.5. The average molecular weight is 1270 g/mol. The van der Waals surface area contributed by atoms with Crippen LogP contribution >= 0.6 is 0 Å². The number of carbonyl (C=O) groups is 3. The van der Waals surface area contributed by atoms with Crippen LogP contribution in [0.1, 0.15) is 280 Å². The van der Waals surface area contributed by atoms with Crippen molar-refractivity contribution >= 4 is 63.5 Å². The number of aliphatic hydroxyl groups excluding tert-OH is 1. The van der Waals surface area contributed by atoms with E-state index in [1.165, 1.54) is 77.0 Å². The summed E-state index contributed by atoms with van der Waals surface area (Å²) in [7, 11) is -3.65. The van der Waals surface area contributed by atoms with Crippen LogP contribution in [-0.4, -0.2) is 91.4 Å². The molecule has 0 amide bonds. The van der Waals surface area contributed by atoms with Gasteiger partial charge in [-0.1, -0.05) is 138 Å². The first-order valence-electron chi connectivity index (χ1n) is 32.6. The fourth-order valence-electron chi connectivity index (χ4n) is 10.3. The van der Waals surface area contributed by atoms with E-state index in [4.69, 9.17) is 24.9 Å². The summed E-state index contributed by atoms with van der Waals surface area (Å²) in [5, 5.41) is 9.14. The van der Waals surface area contributed by atoms with Crippen LogP contribution < -0.4 is 37.7 Å². The van der Waals surface area contributed by atoms with Gasteiger partial charge in [0.25, 0.3) is 10.1 Å². The Morgan fingerprint density at radius 2 is 0.920 bits per heavy atom. The number of rotatable bonds is 7. The Kier molecular flexibility index (Phi) is 55.2. The van der Waals surface area contributed by atoms with E-state index in [-0.39, 0.29) is 146 Å². The van der Waals surface area contributed by atoms with Gasteiger partial charge in [-0.15, -0.1) is 0 Å². The van der Waals surface area contributed by atoms with Gasteiger partial charge in [0, 0.05) is 6.61 Å². The topological polar surface area (TPSA) is 133 Å². The van der Waals surface area contributed by atoms with Gasteiger partial charge < -0.3 is 22.2 Å². The Hall–Kier alpha value is -1.86. The van der Waals surface area contributed by atoms with Crippen molar-refractivity contribution < 1.29 is 83.5 Å². The standard InChI is InChI=1S/C17H24O3S.C14H24O2.C13H22O2.C10H18O.C10H18.C8H12.CH2O.CH4.2Al.2Li.8H/c1-15-8-10-16(11-9-15)21(18,19)20-14-17(2)12-6-4-3-5-7-13-17;1-13(2,3)16-12(15)14(4)10-8-6-5-7-9-11-14;1-13(2,3)15-12(14)11-9-7-5-4-6-8-10-11;1-10(9-11)7-5-3-2-4-6-8-10;1-10(2)8-6-4-3-5-7-9-10;1-2-4-6-8-7-5-3-1;1-2;;;;;;;;;;;;;/h3-4,8-11H,5-7,12-14H2,1-2H3;5-6H,7-11H2,1-4H3;4-5,11H,6-10H2,1-3H3;2-3,11H,4-9H2,1H3;3-4H,5-9H2,1-2H3;1-2,7-8H,3-6H2;1H2;1H4;;;;;;;;;;;;/q;;;;;;;;;;2*+1;;;;;;;2*-1/b4-3-;6-5-;5-4-;3-2-;4-3-;2-1-,8-7?;;;;;;;;;;;;;;/i;;;;;;1D;;;;;;;;;;;;;. The van der Waals surface area contributed by atoms with E-state index < -0.39 is 10.1 Å². The molecule has 4 unspecified atom stereocenters. The number of hydrogen-bond acceptors (Lipinski definition) is 9. The number of carbonyl (C=O) groups excluding carboxylic acids is 3. The number of hydrogen-bond donors (Lipinski definition) is 1. The molecule has 1 N–H and O–H groups in total. The van der Waals surface area contributed by atoms with Crippen molar-refractivity contribution in [2.24, 2.45) is 27.6 Å². The molecule has 0 spiro atoms. The van der Waals surface area contributed by atoms with Crippen LogP contribution in [0.3, 0.4) is 0 Å². The normalized spacial score (nSPS) is 25.6. The molecule has 0 bridgehead atoms. The largest absolute Gasteiger partial charge is 1.00 e. The van der Waals surface area contributed by atoms with Crippen molar-refractivity contribution in [1.29, 1.82) is 0 Å². The van der Waals surface area contributed by atoms with Crippen LogP contribution in [-0.2, 0) is 38.2 Å². The van der Waals surface area contributed by atoms with Gasteiger partial charge in [-0.25, -0.2) is 0 Å². The fraction of sp³-hybridized carbons (Fsp3) is 0.689. The monoisotopic (exact) mass is 1270 g/mol. The maximum absolute atomic E-state index is 12.2. The van der Waals surface area contributed by atoms with Crippen LogP contribution in [0.25, 0.3) is 0 Å². The predicted octanol–water partition coefficient (Wildman–Crippen LogP) is 12.6. The summed E-state index contributed by atoms with van der Waals surface area (Å²) in [4.78, 5) is 32.7. The number of esters is 2. The van der Waals surface area contributed by atoms with E-state index in [1.807, 2.05) is 55.4 Å². The van der Waals surface area contributed by atoms with E-state index in [1.54, 1.807) is 24.3 Å². The van der Waals surface area contributed by atoms with E-state index in [9.17, 15) is 18.0 Å². The summed E-state index contributed by atoms with van der Waals surface area (Å²) in [5.74, 6) is 0.0577. The van der Waals surface area contributed by atoms with Gasteiger partial charge in [0.05, 0.1) is 22.8 Å². The molecule has 14 heteroatoms. The van der Waals surface area contributed by atoms with Gasteiger partial charge in [-0.3, -0.25) is 13.8 Å². The molecule has 0 radical (unpaired) electrons. The van der Waals surface area contributed by atoms with Crippen LogP contribution in [0.2, 0.25) is 0 Å². The molecule has 6 aliphatic carbocycles. The minimum Gasteiger partial charge on any atom is -1.00 e. The molecule has 1 aromatic carbocycles. The molecule has 0 heterocycles. The first kappa shape index (κ1) is 92.5. The average Bonchev–Trinajstić information content (AvgIpc) is 3.36. The molecule has 0 saturated heterocycles. The summed E-state index contributed by atoms with van der Waals surface area (Å²) in [6.07, 6.45) is 64.1. The third-order valence-electron chi connectivity index (χ3n) is 16.0. The number of benzene rings is 1. The summed E-state index contributed by atoms with van der Waals surface area (Å²) < 4.78 is 46.3. The number of ether oxygens (including phenoxy) is 2. The maximum atomic E-state index is 12.2. The van der Waals surface area contributed by atoms with Gasteiger partial charge in [0.1, 0.15) is 19.3 Å². The molecular formula is C74H132Al2Li2O9S. The zero-order valence-electron chi connectivity index (χ0n) is 59.6. The van der Waals surface area contributed by atoms with Crippen LogP contribution in [0.15, 0.2) is 114 Å². The quantitative estimate of drug-likeness (QED) is 0.123. The molecule has 0 aromatic heterocycles. The minimum absolute atomic E-state index is 0. The van der Waals surface area contributed by atoms with Gasteiger partial charge >= 0.3 is 49.7 Å². The van der Waals surface area contributed by atoms with Crippen molar-refractivity contribution in [2.45, 2.75) is 293 Å². The molecule has 496 valence electrons. The second-order valence-electron chi connectivity index (χ2n) is 27.5. The Labute approximate surface area is 591 Å². The summed E-state index contributed by atoms with van der Waals surface area (Å²) in [6.45, 7) is 25.2. The molecule has 0 aliphatic heterocycles. The maximum Gasteiger partial charge on any atom is 1.00 e. The Morgan fingerprint density at radius 1 is 0.545 bits per heavy atom. The van der Waals surface area contributed by atoms with Gasteiger partial charge in [0.15, 0.2) is 34.7 Å². The van der Waals surface area contributed by atoms with E-state index in [2.05, 4.69) is 113 Å². The summed E-state index contributed by atoms with van der Waals surface area (Å²) in [6, 6.07) is 6.79. The number of aliphatic hydroxyl groups is 1. The molecule has 6 aliphatic rings. The molecule has 7 rings (SSSR count). The summed E-state index contributed by atoms with van der Waals surface area (Å²) in [5.41, 5.74) is 0.747. The molecule has 1 aromatic rings. The Balaban J connectivity index is -0.000000186. The van der Waals surface area contributed by atoms with Crippen LogP contribution in [0.5, 0.6) is 0 Å². The van der Waals surface area contributed by atoms with Crippen molar-refractivity contribution in [3.8, 4) is 0 Å². The van der Waals surface area contributed by atoms with Crippen molar-refractivity contribution in [1.82, 2.24) is 0 Å². The predicted molar refractivity (Wildman–Crippen MR) is 379 cm³/mol. The van der Waals surface area contributed by atoms with Crippen molar-refractivity contribution in [3.05, 3.63) is 115 Å². The SMILES string of the molecule is C.C1=CCC/C=C\CC1.CC(C)(C)OC(=O)C1(C)CC/C=C\CCC1.CC(C)(C)OC(=O)C1CC/C=C\CCC1.CC1(C)CC/C=C\CCC1.CC1(CO)CC/C=C\CCC1.Cc1ccc(S(=O)(=O)OCC2(C)CC/C=C\CCC2)cc1.[2H]C=O.[AlH3].[AlH3].[H-].[H-].[Li+].[Li+]. The zero-order valence-corrected chi connectivity index (χ0v) is 57.4. The molecule has 9 nitrogen and oxygen atoms in total. The van der Waals surface area contributed by atoms with Crippen molar-refractivity contribution in [3.63, 3.8) is 0 Å². The molecule has 4 atom stereocenters. The molecule has 0 fully saturated rings. The summed E-state index contributed by atoms with van der Waals surface area (Å²) >= 11 is 0. The van der Waals surface area contributed by atoms with Gasteiger partial charge in [0.2, 0.25) is 0 Å². The van der Waals surface area contributed by atoms with E-state index in [0.717, 1.165) is 115 Å². The van der Waals surface area contributed by atoms with Crippen molar-refractivity contribution in [2.75, 3.05) is 13.2 Å². The van der Waals surface area contributed by atoms with E-state index >= 15 is 0 Å². The molecular weight excluding hydrogens is 1130 g/mol. The molecule has 0 saturated carbocycles. The first-order valence-corrected chi connectivity index (χ1v) is 33.4. The Bertz CT molecular complexity index is 2290. The van der Waals surface area contributed by atoms with Crippen LogP contribution in [0, 0.1) is 34.5 Å². The van der Waals surface area contributed by atoms with Gasteiger partial charge in [-0.05, 0) is 270 Å². The fourth-order valence-corrected chi connectivity index (χ4v) is 11.4. The minimum atomic E-state index is -3.65. The zero-order chi connectivity index (χ0) is 62.9.